The quantitative estimate of drug-likeness (QED) is 0.332. The predicted molar refractivity (Wildman–Crippen MR) is 151 cm³/mol. The Morgan fingerprint density at radius 1 is 0.722 bits per heavy atom. The molecule has 0 amide bonds. The molecule has 1 aromatic rings. The van der Waals surface area contributed by atoms with Crippen LogP contribution in [0.25, 0.3) is 0 Å². The van der Waals surface area contributed by atoms with Crippen LogP contribution in [0.15, 0.2) is 24.3 Å². The summed E-state index contributed by atoms with van der Waals surface area (Å²) >= 11 is 0. The van der Waals surface area contributed by atoms with Gasteiger partial charge in [0.1, 0.15) is 0 Å². The normalized spacial score (nSPS) is 33.3. The van der Waals surface area contributed by atoms with Crippen LogP contribution in [0.5, 0.6) is 0 Å². The van der Waals surface area contributed by atoms with Crippen LogP contribution >= 0.6 is 0 Å². The van der Waals surface area contributed by atoms with Crippen molar-refractivity contribution >= 4 is 5.97 Å². The number of hydrogen-bond acceptors (Lipinski definition) is 1. The fraction of sp³-hybridized carbons (Fsp3) is 0.794. The molecule has 202 valence electrons. The Balaban J connectivity index is 1.21. The van der Waals surface area contributed by atoms with E-state index in [4.69, 9.17) is 0 Å². The van der Waals surface area contributed by atoms with E-state index in [9.17, 15) is 9.90 Å². The lowest BCUT2D eigenvalue weighted by atomic mass is 9.66. The number of unbranched alkanes of at least 4 members (excludes halogenated alkanes) is 1. The van der Waals surface area contributed by atoms with E-state index in [1.165, 1.54) is 95.5 Å². The van der Waals surface area contributed by atoms with Crippen LogP contribution in [-0.2, 0) is 16.6 Å². The summed E-state index contributed by atoms with van der Waals surface area (Å²) in [7, 11) is 0. The zero-order chi connectivity index (χ0) is 25.4. The van der Waals surface area contributed by atoms with Gasteiger partial charge in [0.05, 0.1) is 5.41 Å². The van der Waals surface area contributed by atoms with Crippen molar-refractivity contribution in [2.24, 2.45) is 29.6 Å². The first-order valence-electron chi connectivity index (χ1n) is 15.9. The SMILES string of the molecule is CCCCC1CCC(C2CCC(CCc3ccc(C4(C(=O)O)CCC(CCC)CC4)cc3)CC2)CC1. The fourth-order valence-electron chi connectivity index (χ4n) is 8.24. The Bertz CT molecular complexity index is 772. The molecule has 0 aromatic heterocycles. The van der Waals surface area contributed by atoms with E-state index >= 15 is 0 Å². The zero-order valence-corrected chi connectivity index (χ0v) is 23.5. The Labute approximate surface area is 222 Å². The first kappa shape index (κ1) is 27.7. The lowest BCUT2D eigenvalue weighted by Gasteiger charge is -2.38. The fourth-order valence-corrected chi connectivity index (χ4v) is 8.24. The maximum atomic E-state index is 12.4. The molecule has 3 aliphatic carbocycles. The van der Waals surface area contributed by atoms with E-state index < -0.39 is 11.4 Å². The Hall–Kier alpha value is -1.31. The molecule has 0 heterocycles. The zero-order valence-electron chi connectivity index (χ0n) is 23.5. The van der Waals surface area contributed by atoms with Crippen LogP contribution in [-0.4, -0.2) is 11.1 Å². The molecule has 3 aliphatic rings. The highest BCUT2D eigenvalue weighted by atomic mass is 16.4. The van der Waals surface area contributed by atoms with Crippen molar-refractivity contribution in [2.45, 2.75) is 141 Å². The van der Waals surface area contributed by atoms with Gasteiger partial charge in [0.25, 0.3) is 0 Å². The summed E-state index contributed by atoms with van der Waals surface area (Å²) in [6.07, 6.45) is 24.7. The van der Waals surface area contributed by atoms with Gasteiger partial charge in [-0.15, -0.1) is 0 Å². The average molecular weight is 495 g/mol. The highest BCUT2D eigenvalue weighted by Gasteiger charge is 2.43. The molecule has 3 saturated carbocycles. The minimum atomic E-state index is -0.656. The van der Waals surface area contributed by atoms with E-state index in [0.29, 0.717) is 0 Å². The number of carboxylic acids is 1. The van der Waals surface area contributed by atoms with Crippen LogP contribution in [0.3, 0.4) is 0 Å². The van der Waals surface area contributed by atoms with Gasteiger partial charge in [0.15, 0.2) is 0 Å². The third-order valence-electron chi connectivity index (χ3n) is 10.8. The van der Waals surface area contributed by atoms with Gasteiger partial charge >= 0.3 is 5.97 Å². The maximum Gasteiger partial charge on any atom is 0.314 e. The first-order chi connectivity index (χ1) is 17.5. The lowest BCUT2D eigenvalue weighted by Crippen LogP contribution is -2.39. The summed E-state index contributed by atoms with van der Waals surface area (Å²) in [5.74, 6) is 4.06. The number of aryl methyl sites for hydroxylation is 1. The second kappa shape index (κ2) is 13.5. The monoisotopic (exact) mass is 494 g/mol. The molecule has 1 aromatic carbocycles. The number of rotatable bonds is 11. The molecule has 2 heteroatoms. The molecule has 0 saturated heterocycles. The highest BCUT2D eigenvalue weighted by molar-refractivity contribution is 5.81. The summed E-state index contributed by atoms with van der Waals surface area (Å²) in [6, 6.07) is 8.77. The van der Waals surface area contributed by atoms with Gasteiger partial charge < -0.3 is 5.11 Å². The van der Waals surface area contributed by atoms with Crippen molar-refractivity contribution in [3.63, 3.8) is 0 Å². The van der Waals surface area contributed by atoms with Crippen LogP contribution in [0.2, 0.25) is 0 Å². The molecule has 0 aliphatic heterocycles. The van der Waals surface area contributed by atoms with Crippen LogP contribution in [0.1, 0.15) is 141 Å². The minimum absolute atomic E-state index is 0.614. The number of aliphatic carboxylic acids is 1. The van der Waals surface area contributed by atoms with E-state index in [2.05, 4.69) is 38.1 Å². The molecule has 36 heavy (non-hydrogen) atoms. The van der Waals surface area contributed by atoms with Crippen molar-refractivity contribution in [3.05, 3.63) is 35.4 Å². The van der Waals surface area contributed by atoms with E-state index in [-0.39, 0.29) is 0 Å². The minimum Gasteiger partial charge on any atom is -0.481 e. The van der Waals surface area contributed by atoms with Gasteiger partial charge in [-0.3, -0.25) is 4.79 Å². The van der Waals surface area contributed by atoms with Gasteiger partial charge in [0.2, 0.25) is 0 Å². The van der Waals surface area contributed by atoms with Crippen LogP contribution in [0, 0.1) is 29.6 Å². The number of benzene rings is 1. The van der Waals surface area contributed by atoms with Gasteiger partial charge in [-0.05, 0) is 105 Å². The van der Waals surface area contributed by atoms with Gasteiger partial charge in [-0.25, -0.2) is 0 Å². The highest BCUT2D eigenvalue weighted by Crippen LogP contribution is 2.44. The third-order valence-corrected chi connectivity index (χ3v) is 10.8. The molecule has 0 bridgehead atoms. The number of carboxylic acid groups (broad SMARTS) is 1. The van der Waals surface area contributed by atoms with Crippen molar-refractivity contribution in [3.8, 4) is 0 Å². The predicted octanol–water partition coefficient (Wildman–Crippen LogP) is 9.73. The largest absolute Gasteiger partial charge is 0.481 e. The summed E-state index contributed by atoms with van der Waals surface area (Å²) < 4.78 is 0. The molecule has 3 fully saturated rings. The average Bonchev–Trinajstić information content (AvgIpc) is 2.92. The van der Waals surface area contributed by atoms with Gasteiger partial charge in [-0.1, -0.05) is 95.9 Å². The number of carbonyl (C=O) groups is 1. The molecular weight excluding hydrogens is 440 g/mol. The van der Waals surface area contributed by atoms with E-state index in [0.717, 1.165) is 67.3 Å². The molecule has 4 rings (SSSR count). The lowest BCUT2D eigenvalue weighted by molar-refractivity contribution is -0.145. The summed E-state index contributed by atoms with van der Waals surface area (Å²) in [6.45, 7) is 4.57. The number of hydrogen-bond donors (Lipinski definition) is 1. The Morgan fingerprint density at radius 3 is 1.75 bits per heavy atom. The van der Waals surface area contributed by atoms with Crippen LogP contribution in [0.4, 0.5) is 0 Å². The van der Waals surface area contributed by atoms with Gasteiger partial charge in [-0.2, -0.15) is 0 Å². The van der Waals surface area contributed by atoms with Crippen molar-refractivity contribution in [1.82, 2.24) is 0 Å². The molecule has 2 nitrogen and oxygen atoms in total. The molecule has 0 spiro atoms. The first-order valence-corrected chi connectivity index (χ1v) is 15.9. The molecule has 0 radical (unpaired) electrons. The van der Waals surface area contributed by atoms with Gasteiger partial charge in [0, 0.05) is 0 Å². The maximum absolute atomic E-state index is 12.4. The molecule has 0 unspecified atom stereocenters. The standard InChI is InChI=1S/C34H54O2/c1-3-5-7-27-10-16-30(17-11-27)31-18-12-28(13-19-31)8-9-29-14-20-32(21-15-29)34(33(35)36)24-22-26(6-4-2)23-25-34/h14-15,20-21,26-28,30-31H,3-13,16-19,22-25H2,1-2H3,(H,35,36). The Kier molecular flexibility index (Phi) is 10.4. The second-order valence-corrected chi connectivity index (χ2v) is 13.1. The van der Waals surface area contributed by atoms with E-state index in [1.807, 2.05) is 0 Å². The molecule has 0 atom stereocenters. The van der Waals surface area contributed by atoms with Crippen molar-refractivity contribution in [2.75, 3.05) is 0 Å². The van der Waals surface area contributed by atoms with Crippen LogP contribution < -0.4 is 0 Å². The van der Waals surface area contributed by atoms with Crippen molar-refractivity contribution < 1.29 is 9.90 Å². The third kappa shape index (κ3) is 6.96. The Morgan fingerprint density at radius 2 is 1.25 bits per heavy atom. The summed E-state index contributed by atoms with van der Waals surface area (Å²) in [5.41, 5.74) is 1.78. The topological polar surface area (TPSA) is 37.3 Å². The smallest absolute Gasteiger partial charge is 0.314 e. The van der Waals surface area contributed by atoms with Crippen molar-refractivity contribution in [1.29, 1.82) is 0 Å². The molecule has 1 N–H and O–H groups in total. The summed E-state index contributed by atoms with van der Waals surface area (Å²) in [4.78, 5) is 12.4. The second-order valence-electron chi connectivity index (χ2n) is 13.1. The summed E-state index contributed by atoms with van der Waals surface area (Å²) in [5, 5.41) is 10.2. The van der Waals surface area contributed by atoms with E-state index in [1.54, 1.807) is 0 Å². The molecular formula is C34H54O2.